The second-order valence-electron chi connectivity index (χ2n) is 3.93. The Kier molecular flexibility index (Phi) is 6.13. The summed E-state index contributed by atoms with van der Waals surface area (Å²) in [5.41, 5.74) is 1.74. The van der Waals surface area contributed by atoms with Crippen LogP contribution >= 0.6 is 11.3 Å². The number of nitrogens with one attached hydrogen (secondary N) is 1. The molecule has 7 heteroatoms. The van der Waals surface area contributed by atoms with Crippen LogP contribution in [-0.2, 0) is 16.1 Å². The van der Waals surface area contributed by atoms with E-state index in [2.05, 4.69) is 15.0 Å². The molecule has 1 rings (SSSR count). The molecule has 0 saturated carbocycles. The van der Waals surface area contributed by atoms with Gasteiger partial charge in [0.1, 0.15) is 0 Å². The van der Waals surface area contributed by atoms with Crippen LogP contribution in [-0.4, -0.2) is 42.1 Å². The summed E-state index contributed by atoms with van der Waals surface area (Å²) in [6.07, 6.45) is 2.34. The van der Waals surface area contributed by atoms with E-state index < -0.39 is 0 Å². The average Bonchev–Trinajstić information content (AvgIpc) is 2.82. The molecule has 0 radical (unpaired) electrons. The first kappa shape index (κ1) is 14.4. The molecule has 100 valence electrons. The van der Waals surface area contributed by atoms with Crippen molar-refractivity contribution >= 4 is 23.8 Å². The van der Waals surface area contributed by atoms with Crippen molar-refractivity contribution in [3.8, 4) is 0 Å². The predicted molar refractivity (Wildman–Crippen MR) is 68.2 cm³/mol. The number of carbonyl (C=O) groups is 2. The van der Waals surface area contributed by atoms with Gasteiger partial charge < -0.3 is 15.0 Å². The highest BCUT2D eigenvalue weighted by atomic mass is 32.1. The van der Waals surface area contributed by atoms with E-state index in [0.29, 0.717) is 26.0 Å². The molecule has 1 aromatic rings. The second kappa shape index (κ2) is 7.65. The fraction of sp³-hybridized carbons (Fsp3) is 0.545. The number of rotatable bonds is 7. The Labute approximate surface area is 110 Å². The lowest BCUT2D eigenvalue weighted by Crippen LogP contribution is -2.41. The van der Waals surface area contributed by atoms with E-state index in [9.17, 15) is 9.59 Å². The summed E-state index contributed by atoms with van der Waals surface area (Å²) in [6, 6.07) is -0.191. The van der Waals surface area contributed by atoms with E-state index in [1.54, 1.807) is 23.7 Å². The van der Waals surface area contributed by atoms with E-state index in [1.165, 1.54) is 11.3 Å². The van der Waals surface area contributed by atoms with Crippen molar-refractivity contribution in [3.05, 3.63) is 16.6 Å². The first-order chi connectivity index (χ1) is 8.63. The van der Waals surface area contributed by atoms with Crippen molar-refractivity contribution in [3.63, 3.8) is 0 Å². The Morgan fingerprint density at radius 3 is 3.11 bits per heavy atom. The van der Waals surface area contributed by atoms with Gasteiger partial charge in [0.05, 0.1) is 18.7 Å². The van der Waals surface area contributed by atoms with E-state index in [-0.39, 0.29) is 12.1 Å². The smallest absolute Gasteiger partial charge is 0.317 e. The number of thiazole rings is 1. The molecule has 0 fully saturated rings. The largest absolute Gasteiger partial charge is 0.468 e. The molecule has 0 bridgehead atoms. The van der Waals surface area contributed by atoms with E-state index in [0.717, 1.165) is 4.88 Å². The highest BCUT2D eigenvalue weighted by Gasteiger charge is 2.12. The third-order valence-corrected chi connectivity index (χ3v) is 3.09. The SMILES string of the molecule is CC(CCOC=O)NC(=O)N(C)Cc1cncs1. The third-order valence-electron chi connectivity index (χ3n) is 2.33. The van der Waals surface area contributed by atoms with Gasteiger partial charge in [0.2, 0.25) is 0 Å². The molecule has 1 atom stereocenters. The maximum Gasteiger partial charge on any atom is 0.317 e. The molecule has 1 heterocycles. The van der Waals surface area contributed by atoms with Crippen LogP contribution in [0.1, 0.15) is 18.2 Å². The van der Waals surface area contributed by atoms with Crippen LogP contribution in [0.2, 0.25) is 0 Å². The van der Waals surface area contributed by atoms with E-state index in [1.807, 2.05) is 6.92 Å². The number of hydrogen-bond donors (Lipinski definition) is 1. The van der Waals surface area contributed by atoms with Crippen LogP contribution in [0.5, 0.6) is 0 Å². The van der Waals surface area contributed by atoms with Crippen LogP contribution in [0.15, 0.2) is 11.7 Å². The number of ether oxygens (including phenoxy) is 1. The van der Waals surface area contributed by atoms with Crippen molar-refractivity contribution in [1.82, 2.24) is 15.2 Å². The van der Waals surface area contributed by atoms with Gasteiger partial charge in [-0.2, -0.15) is 0 Å². The first-order valence-corrected chi connectivity index (χ1v) is 6.45. The molecule has 0 aliphatic rings. The summed E-state index contributed by atoms with van der Waals surface area (Å²) in [5, 5.41) is 2.83. The van der Waals surface area contributed by atoms with Gasteiger partial charge in [-0.1, -0.05) is 0 Å². The Balaban J connectivity index is 2.28. The number of aromatic nitrogens is 1. The quantitative estimate of drug-likeness (QED) is 0.598. The maximum absolute atomic E-state index is 11.8. The molecule has 1 aromatic heterocycles. The van der Waals surface area contributed by atoms with Gasteiger partial charge in [-0.25, -0.2) is 4.79 Å². The van der Waals surface area contributed by atoms with Crippen LogP contribution in [0.3, 0.4) is 0 Å². The molecule has 0 saturated heterocycles. The average molecular weight is 271 g/mol. The second-order valence-corrected chi connectivity index (χ2v) is 4.90. The zero-order chi connectivity index (χ0) is 13.4. The Bertz CT molecular complexity index is 370. The molecular weight excluding hydrogens is 254 g/mol. The number of nitrogens with zero attached hydrogens (tertiary/aromatic N) is 2. The fourth-order valence-electron chi connectivity index (χ4n) is 1.31. The van der Waals surface area contributed by atoms with Gasteiger partial charge in [0, 0.05) is 30.6 Å². The number of carbonyl (C=O) groups excluding carboxylic acids is 2. The van der Waals surface area contributed by atoms with Gasteiger partial charge in [0.15, 0.2) is 0 Å². The summed E-state index contributed by atoms with van der Waals surface area (Å²) >= 11 is 1.51. The maximum atomic E-state index is 11.8. The van der Waals surface area contributed by atoms with Gasteiger partial charge in [0.25, 0.3) is 6.47 Å². The predicted octanol–water partition coefficient (Wildman–Crippen LogP) is 1.24. The van der Waals surface area contributed by atoms with Crippen LogP contribution in [0.25, 0.3) is 0 Å². The van der Waals surface area contributed by atoms with E-state index in [4.69, 9.17) is 0 Å². The summed E-state index contributed by atoms with van der Waals surface area (Å²) in [4.78, 5) is 28.3. The van der Waals surface area contributed by atoms with Crippen LogP contribution in [0, 0.1) is 0 Å². The molecule has 0 aromatic carbocycles. The monoisotopic (exact) mass is 271 g/mol. The van der Waals surface area contributed by atoms with Crippen LogP contribution < -0.4 is 5.32 Å². The van der Waals surface area contributed by atoms with Gasteiger partial charge in [-0.05, 0) is 6.92 Å². The topological polar surface area (TPSA) is 71.5 Å². The zero-order valence-corrected chi connectivity index (χ0v) is 11.3. The normalized spacial score (nSPS) is 11.7. The number of amides is 2. The minimum absolute atomic E-state index is 0.0404. The van der Waals surface area contributed by atoms with Crippen molar-refractivity contribution in [1.29, 1.82) is 0 Å². The fourth-order valence-corrected chi connectivity index (χ4v) is 1.96. The molecule has 2 amide bonds. The molecule has 0 aliphatic carbocycles. The summed E-state index contributed by atoms with van der Waals surface area (Å²) < 4.78 is 4.58. The zero-order valence-electron chi connectivity index (χ0n) is 10.5. The van der Waals surface area contributed by atoms with Crippen LogP contribution in [0.4, 0.5) is 4.79 Å². The summed E-state index contributed by atoms with van der Waals surface area (Å²) in [5.74, 6) is 0. The highest BCUT2D eigenvalue weighted by Crippen LogP contribution is 2.08. The summed E-state index contributed by atoms with van der Waals surface area (Å²) in [6.45, 7) is 3.12. The van der Waals surface area contributed by atoms with Crippen molar-refractivity contribution in [2.75, 3.05) is 13.7 Å². The minimum Gasteiger partial charge on any atom is -0.468 e. The van der Waals surface area contributed by atoms with Crippen molar-refractivity contribution < 1.29 is 14.3 Å². The van der Waals surface area contributed by atoms with Crippen molar-refractivity contribution in [2.45, 2.75) is 25.9 Å². The molecule has 1 unspecified atom stereocenters. The van der Waals surface area contributed by atoms with E-state index >= 15 is 0 Å². The number of urea groups is 1. The first-order valence-electron chi connectivity index (χ1n) is 5.57. The minimum atomic E-state index is -0.151. The van der Waals surface area contributed by atoms with Gasteiger partial charge >= 0.3 is 6.03 Å². The highest BCUT2D eigenvalue weighted by molar-refractivity contribution is 7.09. The summed E-state index contributed by atoms with van der Waals surface area (Å²) in [7, 11) is 1.73. The standard InChI is InChI=1S/C11H17N3O3S/c1-9(3-4-17-8-15)13-11(16)14(2)6-10-5-12-7-18-10/h5,7-9H,3-4,6H2,1-2H3,(H,13,16). The van der Waals surface area contributed by atoms with Gasteiger partial charge in [-0.15, -0.1) is 11.3 Å². The number of hydrogen-bond acceptors (Lipinski definition) is 5. The molecular formula is C11H17N3O3S. The lowest BCUT2D eigenvalue weighted by Gasteiger charge is -2.20. The Hall–Kier alpha value is -1.63. The molecule has 6 nitrogen and oxygen atoms in total. The molecule has 0 spiro atoms. The lowest BCUT2D eigenvalue weighted by molar-refractivity contribution is -0.128. The lowest BCUT2D eigenvalue weighted by atomic mass is 10.2. The molecule has 0 aliphatic heterocycles. The molecule has 18 heavy (non-hydrogen) atoms. The third kappa shape index (κ3) is 5.13. The Morgan fingerprint density at radius 2 is 2.50 bits per heavy atom. The Morgan fingerprint density at radius 1 is 1.72 bits per heavy atom. The van der Waals surface area contributed by atoms with Crippen molar-refractivity contribution in [2.24, 2.45) is 0 Å². The van der Waals surface area contributed by atoms with Gasteiger partial charge in [-0.3, -0.25) is 9.78 Å². The molecule has 1 N–H and O–H groups in total.